The number of hydrogen-bond acceptors (Lipinski definition) is 1. The number of amides is 1. The van der Waals surface area contributed by atoms with Crippen LogP contribution in [-0.4, -0.2) is 10.8 Å². The Labute approximate surface area is 133 Å². The van der Waals surface area contributed by atoms with E-state index in [1.54, 1.807) is 6.92 Å². The van der Waals surface area contributed by atoms with Crippen molar-refractivity contribution in [3.63, 3.8) is 0 Å². The molecule has 22 heavy (non-hydrogen) atoms. The third-order valence-corrected chi connectivity index (χ3v) is 4.10. The molecule has 1 atom stereocenters. The molecule has 0 heterocycles. The van der Waals surface area contributed by atoms with E-state index in [0.717, 1.165) is 11.1 Å². The quantitative estimate of drug-likeness (QED) is 0.717. The topological polar surface area (TPSA) is 20.3 Å². The fourth-order valence-corrected chi connectivity index (χ4v) is 2.86. The van der Waals surface area contributed by atoms with Gasteiger partial charge < -0.3 is 4.90 Å². The van der Waals surface area contributed by atoms with Crippen molar-refractivity contribution in [1.29, 1.82) is 0 Å². The highest BCUT2D eigenvalue weighted by atomic mass is 16.2. The zero-order valence-electron chi connectivity index (χ0n) is 13.3. The number of nitrogens with zero attached hydrogens (tertiary/aromatic N) is 1. The van der Waals surface area contributed by atoms with E-state index in [-0.39, 0.29) is 5.91 Å². The van der Waals surface area contributed by atoms with E-state index >= 15 is 0 Å². The van der Waals surface area contributed by atoms with Gasteiger partial charge in [-0.1, -0.05) is 66.7 Å². The highest BCUT2D eigenvalue weighted by Crippen LogP contribution is 2.33. The Morgan fingerprint density at radius 3 is 2.14 bits per heavy atom. The van der Waals surface area contributed by atoms with Gasteiger partial charge in [-0.05, 0) is 24.5 Å². The summed E-state index contributed by atoms with van der Waals surface area (Å²) in [4.78, 5) is 14.3. The molecule has 2 nitrogen and oxygen atoms in total. The molecular weight excluding hydrogens is 270 g/mol. The fraction of sp³-hybridized carbons (Fsp3) is 0.250. The Bertz CT molecular complexity index is 621. The maximum atomic E-state index is 12.3. The number of hydrogen-bond donors (Lipinski definition) is 0. The maximum absolute atomic E-state index is 12.3. The van der Waals surface area contributed by atoms with E-state index < -0.39 is 5.54 Å². The number of rotatable bonds is 6. The summed E-state index contributed by atoms with van der Waals surface area (Å²) in [6.45, 7) is 8.21. The Balaban J connectivity index is 2.42. The number of carbonyl (C=O) groups excluding carboxylic acids is 1. The van der Waals surface area contributed by atoms with Crippen LogP contribution in [0.4, 0.5) is 0 Å². The lowest BCUT2D eigenvalue weighted by Crippen LogP contribution is -2.46. The van der Waals surface area contributed by atoms with Gasteiger partial charge in [0.15, 0.2) is 0 Å². The maximum Gasteiger partial charge on any atom is 0.220 e. The smallest absolute Gasteiger partial charge is 0.220 e. The molecule has 0 radical (unpaired) electrons. The van der Waals surface area contributed by atoms with Crippen molar-refractivity contribution in [2.75, 3.05) is 0 Å². The largest absolute Gasteiger partial charge is 0.329 e. The summed E-state index contributed by atoms with van der Waals surface area (Å²) in [6.07, 6.45) is 2.59. The second-order valence-electron chi connectivity index (χ2n) is 5.72. The van der Waals surface area contributed by atoms with Crippen LogP contribution in [0.15, 0.2) is 73.3 Å². The normalized spacial score (nSPS) is 13.2. The van der Waals surface area contributed by atoms with E-state index in [4.69, 9.17) is 0 Å². The van der Waals surface area contributed by atoms with E-state index in [2.05, 4.69) is 37.8 Å². The first-order valence-corrected chi connectivity index (χ1v) is 7.56. The van der Waals surface area contributed by atoms with E-state index in [0.29, 0.717) is 13.0 Å². The molecule has 0 N–H and O–H groups in total. The number of benzene rings is 2. The first kappa shape index (κ1) is 16.0. The lowest BCUT2D eigenvalue weighted by atomic mass is 9.86. The molecule has 114 valence electrons. The van der Waals surface area contributed by atoms with Crippen LogP contribution in [0.5, 0.6) is 0 Å². The zero-order chi connectivity index (χ0) is 16.0. The van der Waals surface area contributed by atoms with Crippen LogP contribution in [0, 0.1) is 0 Å². The van der Waals surface area contributed by atoms with Crippen molar-refractivity contribution in [3.05, 3.63) is 84.4 Å². The molecule has 0 aliphatic rings. The van der Waals surface area contributed by atoms with E-state index in [9.17, 15) is 4.79 Å². The van der Waals surface area contributed by atoms with Crippen LogP contribution < -0.4 is 0 Å². The summed E-state index contributed by atoms with van der Waals surface area (Å²) < 4.78 is 0. The molecule has 0 aromatic heterocycles. The SMILES string of the molecule is C=CC[C@@](C)(c1ccccc1)N(Cc1ccccc1)C(C)=O. The predicted molar refractivity (Wildman–Crippen MR) is 91.3 cm³/mol. The molecule has 2 rings (SSSR count). The minimum atomic E-state index is -0.398. The highest BCUT2D eigenvalue weighted by molar-refractivity contribution is 5.74. The lowest BCUT2D eigenvalue weighted by molar-refractivity contribution is -0.136. The highest BCUT2D eigenvalue weighted by Gasteiger charge is 2.34. The summed E-state index contributed by atoms with van der Waals surface area (Å²) in [6, 6.07) is 20.3. The van der Waals surface area contributed by atoms with Crippen molar-refractivity contribution in [1.82, 2.24) is 4.90 Å². The molecule has 0 saturated heterocycles. The van der Waals surface area contributed by atoms with Crippen molar-refractivity contribution in [2.24, 2.45) is 0 Å². The van der Waals surface area contributed by atoms with Gasteiger partial charge in [-0.3, -0.25) is 4.79 Å². The summed E-state index contributed by atoms with van der Waals surface area (Å²) in [5.74, 6) is 0.0667. The monoisotopic (exact) mass is 293 g/mol. The summed E-state index contributed by atoms with van der Waals surface area (Å²) in [7, 11) is 0. The third-order valence-electron chi connectivity index (χ3n) is 4.10. The molecule has 0 bridgehead atoms. The van der Waals surface area contributed by atoms with Gasteiger partial charge >= 0.3 is 0 Å². The second-order valence-corrected chi connectivity index (χ2v) is 5.72. The van der Waals surface area contributed by atoms with Crippen LogP contribution >= 0.6 is 0 Å². The fourth-order valence-electron chi connectivity index (χ4n) is 2.86. The number of carbonyl (C=O) groups is 1. The molecular formula is C20H23NO. The van der Waals surface area contributed by atoms with Crippen molar-refractivity contribution in [3.8, 4) is 0 Å². The van der Waals surface area contributed by atoms with Crippen molar-refractivity contribution >= 4 is 5.91 Å². The van der Waals surface area contributed by atoms with Crippen LogP contribution in [0.3, 0.4) is 0 Å². The molecule has 0 aliphatic heterocycles. The molecule has 1 amide bonds. The van der Waals surface area contributed by atoms with Gasteiger partial charge in [0.05, 0.1) is 5.54 Å². The van der Waals surface area contributed by atoms with Gasteiger partial charge in [0.1, 0.15) is 0 Å². The molecule has 0 fully saturated rings. The standard InChI is InChI=1S/C20H23NO/c1-4-15-20(3,19-13-9-6-10-14-19)21(17(2)22)16-18-11-7-5-8-12-18/h4-14H,1,15-16H2,2-3H3/t20-/m0/s1. The van der Waals surface area contributed by atoms with Crippen LogP contribution in [0.2, 0.25) is 0 Å². The Morgan fingerprint density at radius 1 is 1.09 bits per heavy atom. The van der Waals surface area contributed by atoms with E-state index in [1.165, 1.54) is 0 Å². The predicted octanol–water partition coefficient (Wildman–Crippen LogP) is 4.53. The lowest BCUT2D eigenvalue weighted by Gasteiger charge is -2.41. The summed E-state index contributed by atoms with van der Waals surface area (Å²) in [5, 5.41) is 0. The molecule has 0 saturated carbocycles. The van der Waals surface area contributed by atoms with Gasteiger partial charge in [0.2, 0.25) is 5.91 Å². The molecule has 2 aromatic rings. The Hall–Kier alpha value is -2.35. The van der Waals surface area contributed by atoms with Crippen LogP contribution in [0.1, 0.15) is 31.4 Å². The minimum Gasteiger partial charge on any atom is -0.329 e. The van der Waals surface area contributed by atoms with Crippen molar-refractivity contribution < 1.29 is 4.79 Å². The first-order chi connectivity index (χ1) is 10.6. The van der Waals surface area contributed by atoms with E-state index in [1.807, 2.05) is 47.4 Å². The average molecular weight is 293 g/mol. The molecule has 2 heteroatoms. The van der Waals surface area contributed by atoms with Gasteiger partial charge in [-0.15, -0.1) is 6.58 Å². The molecule has 0 unspecified atom stereocenters. The zero-order valence-corrected chi connectivity index (χ0v) is 13.3. The van der Waals surface area contributed by atoms with Gasteiger partial charge in [0, 0.05) is 13.5 Å². The van der Waals surface area contributed by atoms with Crippen LogP contribution in [-0.2, 0) is 16.9 Å². The van der Waals surface area contributed by atoms with Gasteiger partial charge in [-0.2, -0.15) is 0 Å². The van der Waals surface area contributed by atoms with Crippen molar-refractivity contribution in [2.45, 2.75) is 32.4 Å². The molecule has 2 aromatic carbocycles. The second kappa shape index (κ2) is 7.08. The van der Waals surface area contributed by atoms with Crippen LogP contribution in [0.25, 0.3) is 0 Å². The van der Waals surface area contributed by atoms with Gasteiger partial charge in [-0.25, -0.2) is 0 Å². The third kappa shape index (κ3) is 3.45. The molecule has 0 spiro atoms. The first-order valence-electron chi connectivity index (χ1n) is 7.56. The Morgan fingerprint density at radius 2 is 1.64 bits per heavy atom. The molecule has 0 aliphatic carbocycles. The summed E-state index contributed by atoms with van der Waals surface area (Å²) in [5.41, 5.74) is 1.86. The minimum absolute atomic E-state index is 0.0667. The van der Waals surface area contributed by atoms with Gasteiger partial charge in [0.25, 0.3) is 0 Å². The Kier molecular flexibility index (Phi) is 5.16. The summed E-state index contributed by atoms with van der Waals surface area (Å²) >= 11 is 0. The average Bonchev–Trinajstić information content (AvgIpc) is 2.54.